The first-order chi connectivity index (χ1) is 15.3. The molecule has 0 unspecified atom stereocenters. The number of hydrogen-bond donors (Lipinski definition) is 2. The summed E-state index contributed by atoms with van der Waals surface area (Å²) >= 11 is 0. The van der Waals surface area contributed by atoms with Gasteiger partial charge in [0.25, 0.3) is 5.91 Å². The lowest BCUT2D eigenvalue weighted by Crippen LogP contribution is -2.67. The van der Waals surface area contributed by atoms with E-state index in [1.165, 1.54) is 10.6 Å². The van der Waals surface area contributed by atoms with Crippen LogP contribution in [0.25, 0.3) is 10.9 Å². The Bertz CT molecular complexity index is 1300. The summed E-state index contributed by atoms with van der Waals surface area (Å²) in [6.07, 6.45) is 2.74. The lowest BCUT2D eigenvalue weighted by molar-refractivity contribution is 0.0244. The molecule has 1 saturated heterocycles. The van der Waals surface area contributed by atoms with Crippen LogP contribution in [-0.4, -0.2) is 78.2 Å². The molecule has 1 spiro atoms. The van der Waals surface area contributed by atoms with Gasteiger partial charge in [-0.2, -0.15) is 0 Å². The Morgan fingerprint density at radius 2 is 2.06 bits per heavy atom. The molecule has 5 rings (SSSR count). The minimum absolute atomic E-state index is 0.266. The SMILES string of the molecule is COc1ccc2c3c([nH]c2c1)[C@@H](CO)N(C(=O)c1ccccn1)CC31CN(S(C)(=O)=O)C1. The van der Waals surface area contributed by atoms with Gasteiger partial charge in [0.2, 0.25) is 10.0 Å². The number of methoxy groups -OCH3 is 1. The molecule has 9 nitrogen and oxygen atoms in total. The molecular weight excluding hydrogens is 432 g/mol. The number of carbonyl (C=O) groups excluding carboxylic acids is 1. The third kappa shape index (κ3) is 3.09. The molecule has 0 saturated carbocycles. The second-order valence-electron chi connectivity index (χ2n) is 8.48. The van der Waals surface area contributed by atoms with Crippen LogP contribution in [0.1, 0.15) is 27.8 Å². The van der Waals surface area contributed by atoms with Crippen molar-refractivity contribution in [2.45, 2.75) is 11.5 Å². The smallest absolute Gasteiger partial charge is 0.273 e. The van der Waals surface area contributed by atoms with Crippen LogP contribution in [0, 0.1) is 0 Å². The van der Waals surface area contributed by atoms with Gasteiger partial charge < -0.3 is 19.7 Å². The average Bonchev–Trinajstić information content (AvgIpc) is 3.14. The van der Waals surface area contributed by atoms with Crippen LogP contribution in [-0.2, 0) is 15.4 Å². The van der Waals surface area contributed by atoms with Gasteiger partial charge in [0.1, 0.15) is 11.4 Å². The monoisotopic (exact) mass is 456 g/mol. The van der Waals surface area contributed by atoms with Crippen molar-refractivity contribution in [2.75, 3.05) is 39.6 Å². The maximum Gasteiger partial charge on any atom is 0.273 e. The highest BCUT2D eigenvalue weighted by Gasteiger charge is 2.56. The molecule has 4 heterocycles. The molecule has 2 aliphatic heterocycles. The van der Waals surface area contributed by atoms with E-state index >= 15 is 0 Å². The summed E-state index contributed by atoms with van der Waals surface area (Å²) in [6, 6.07) is 10.2. The van der Waals surface area contributed by atoms with Gasteiger partial charge in [-0.25, -0.2) is 12.7 Å². The van der Waals surface area contributed by atoms with Gasteiger partial charge in [0.15, 0.2) is 0 Å². The Balaban J connectivity index is 1.67. The third-order valence-electron chi connectivity index (χ3n) is 6.49. The van der Waals surface area contributed by atoms with Gasteiger partial charge in [-0.05, 0) is 29.8 Å². The number of aliphatic hydroxyl groups is 1. The van der Waals surface area contributed by atoms with Crippen molar-refractivity contribution >= 4 is 26.8 Å². The summed E-state index contributed by atoms with van der Waals surface area (Å²) in [5, 5.41) is 11.2. The Hall–Kier alpha value is -2.95. The number of nitrogens with one attached hydrogen (secondary N) is 1. The molecule has 0 aliphatic carbocycles. The highest BCUT2D eigenvalue weighted by molar-refractivity contribution is 7.88. The molecule has 0 bridgehead atoms. The van der Waals surface area contributed by atoms with Crippen molar-refractivity contribution in [3.8, 4) is 5.75 Å². The van der Waals surface area contributed by atoms with E-state index in [0.717, 1.165) is 22.2 Å². The Morgan fingerprint density at radius 3 is 2.69 bits per heavy atom. The van der Waals surface area contributed by atoms with Crippen LogP contribution in [0.3, 0.4) is 0 Å². The van der Waals surface area contributed by atoms with Crippen molar-refractivity contribution in [3.05, 3.63) is 59.5 Å². The summed E-state index contributed by atoms with van der Waals surface area (Å²) in [4.78, 5) is 22.6. The van der Waals surface area contributed by atoms with Crippen LogP contribution in [0.4, 0.5) is 0 Å². The van der Waals surface area contributed by atoms with Crippen molar-refractivity contribution in [3.63, 3.8) is 0 Å². The van der Waals surface area contributed by atoms with Gasteiger partial charge in [0, 0.05) is 53.9 Å². The van der Waals surface area contributed by atoms with Crippen molar-refractivity contribution in [1.82, 2.24) is 19.2 Å². The fourth-order valence-electron chi connectivity index (χ4n) is 4.98. The molecular formula is C22H24N4O5S. The summed E-state index contributed by atoms with van der Waals surface area (Å²) < 4.78 is 31.1. The molecule has 2 aliphatic rings. The molecule has 1 amide bonds. The van der Waals surface area contributed by atoms with E-state index in [9.17, 15) is 18.3 Å². The largest absolute Gasteiger partial charge is 0.497 e. The number of benzene rings is 1. The molecule has 3 aromatic rings. The lowest BCUT2D eigenvalue weighted by Gasteiger charge is -2.55. The van der Waals surface area contributed by atoms with E-state index < -0.39 is 21.5 Å². The zero-order valence-corrected chi connectivity index (χ0v) is 18.6. The second-order valence-corrected chi connectivity index (χ2v) is 10.5. The van der Waals surface area contributed by atoms with E-state index in [1.54, 1.807) is 36.4 Å². The number of pyridine rings is 1. The minimum Gasteiger partial charge on any atom is -0.497 e. The van der Waals surface area contributed by atoms with E-state index in [2.05, 4.69) is 9.97 Å². The average molecular weight is 457 g/mol. The predicted molar refractivity (Wildman–Crippen MR) is 118 cm³/mol. The molecule has 10 heteroatoms. The fourth-order valence-corrected chi connectivity index (χ4v) is 5.94. The number of aromatic nitrogens is 2. The Labute approximate surface area is 185 Å². The summed E-state index contributed by atoms with van der Waals surface area (Å²) in [6.45, 7) is 0.539. The number of aliphatic hydroxyl groups excluding tert-OH is 1. The number of nitrogens with zero attached hydrogens (tertiary/aromatic N) is 3. The molecule has 1 fully saturated rings. The lowest BCUT2D eigenvalue weighted by atomic mass is 9.70. The van der Waals surface area contributed by atoms with Gasteiger partial charge >= 0.3 is 0 Å². The third-order valence-corrected chi connectivity index (χ3v) is 7.69. The first-order valence-corrected chi connectivity index (χ1v) is 12.1. The number of H-pyrrole nitrogens is 1. The number of aromatic amines is 1. The van der Waals surface area contributed by atoms with Crippen LogP contribution in [0.2, 0.25) is 0 Å². The summed E-state index contributed by atoms with van der Waals surface area (Å²) in [7, 11) is -1.77. The van der Waals surface area contributed by atoms with Crippen LogP contribution < -0.4 is 4.74 Å². The van der Waals surface area contributed by atoms with Crippen molar-refractivity contribution < 1.29 is 23.1 Å². The maximum absolute atomic E-state index is 13.4. The molecule has 2 N–H and O–H groups in total. The van der Waals surface area contributed by atoms with Crippen LogP contribution in [0.15, 0.2) is 42.6 Å². The minimum atomic E-state index is -3.36. The van der Waals surface area contributed by atoms with E-state index in [0.29, 0.717) is 5.75 Å². The summed E-state index contributed by atoms with van der Waals surface area (Å²) in [5.41, 5.74) is 2.19. The Morgan fingerprint density at radius 1 is 1.28 bits per heavy atom. The molecule has 2 aromatic heterocycles. The first-order valence-electron chi connectivity index (χ1n) is 10.3. The van der Waals surface area contributed by atoms with E-state index in [1.807, 2.05) is 18.2 Å². The molecule has 168 valence electrons. The number of rotatable bonds is 4. The molecule has 1 atom stereocenters. The number of fused-ring (bicyclic) bond motifs is 4. The highest BCUT2D eigenvalue weighted by Crippen LogP contribution is 2.49. The zero-order chi connectivity index (χ0) is 22.7. The quantitative estimate of drug-likeness (QED) is 0.611. The van der Waals surface area contributed by atoms with Crippen molar-refractivity contribution in [1.29, 1.82) is 0 Å². The van der Waals surface area contributed by atoms with Gasteiger partial charge in [-0.3, -0.25) is 9.78 Å². The van der Waals surface area contributed by atoms with E-state index in [-0.39, 0.29) is 37.8 Å². The topological polar surface area (TPSA) is 116 Å². The van der Waals surface area contributed by atoms with Crippen LogP contribution >= 0.6 is 0 Å². The standard InChI is InChI=1S/C22H24N4O5S/c1-31-14-6-7-15-17(9-14)24-20-18(10-27)26(21(28)16-5-3-4-8-23-16)13-22(19(15)20)11-25(12-22)32(2,29)30/h3-9,18,24,27H,10-13H2,1-2H3/t18-/m1/s1. The molecule has 32 heavy (non-hydrogen) atoms. The Kier molecular flexibility index (Phi) is 4.77. The molecule has 0 radical (unpaired) electrons. The normalized spacial score (nSPS) is 20.2. The van der Waals surface area contributed by atoms with Crippen LogP contribution in [0.5, 0.6) is 5.75 Å². The predicted octanol–water partition coefficient (Wildman–Crippen LogP) is 1.27. The number of sulfonamides is 1. The number of carbonyl (C=O) groups is 1. The van der Waals surface area contributed by atoms with Crippen molar-refractivity contribution in [2.24, 2.45) is 0 Å². The van der Waals surface area contributed by atoms with Gasteiger partial charge in [-0.1, -0.05) is 6.07 Å². The number of hydrogen-bond acceptors (Lipinski definition) is 6. The summed E-state index contributed by atoms with van der Waals surface area (Å²) in [5.74, 6) is 0.377. The highest BCUT2D eigenvalue weighted by atomic mass is 32.2. The number of ether oxygens (including phenoxy) is 1. The van der Waals surface area contributed by atoms with Gasteiger partial charge in [-0.15, -0.1) is 0 Å². The first kappa shape index (κ1) is 20.9. The molecule has 1 aromatic carbocycles. The number of amides is 1. The fraction of sp³-hybridized carbons (Fsp3) is 0.364. The zero-order valence-electron chi connectivity index (χ0n) is 17.8. The van der Waals surface area contributed by atoms with E-state index in [4.69, 9.17) is 4.74 Å². The maximum atomic E-state index is 13.4. The second kappa shape index (κ2) is 7.29. The van der Waals surface area contributed by atoms with Gasteiger partial charge in [0.05, 0.1) is 26.0 Å².